The van der Waals surface area contributed by atoms with Crippen LogP contribution in [0.2, 0.25) is 0 Å². The van der Waals surface area contributed by atoms with Crippen LogP contribution in [0.25, 0.3) is 27.9 Å². The van der Waals surface area contributed by atoms with Gasteiger partial charge in [-0.25, -0.2) is 0 Å². The minimum absolute atomic E-state index is 0.0557. The molecule has 4 nitrogen and oxygen atoms in total. The predicted molar refractivity (Wildman–Crippen MR) is 151 cm³/mol. The van der Waals surface area contributed by atoms with Gasteiger partial charge in [-0.05, 0) is 48.4 Å². The SMILES string of the molecule is CCC(Sc1cccc(NC(=O)/C=C/c2ccccc2)c1)C(=O)n1c2ccccc2c2ccccc21. The number of aromatic nitrogens is 1. The van der Waals surface area contributed by atoms with Crippen LogP contribution in [0.5, 0.6) is 0 Å². The van der Waals surface area contributed by atoms with Gasteiger partial charge >= 0.3 is 0 Å². The van der Waals surface area contributed by atoms with E-state index in [1.807, 2.05) is 102 Å². The molecule has 1 N–H and O–H groups in total. The van der Waals surface area contributed by atoms with E-state index in [-0.39, 0.29) is 17.1 Å². The number of thioether (sulfide) groups is 1. The topological polar surface area (TPSA) is 51.1 Å². The first-order chi connectivity index (χ1) is 17.6. The molecule has 5 rings (SSSR count). The molecule has 0 fully saturated rings. The maximum absolute atomic E-state index is 13.8. The van der Waals surface area contributed by atoms with Crippen LogP contribution in [0.15, 0.2) is 114 Å². The highest BCUT2D eigenvalue weighted by Crippen LogP contribution is 2.33. The molecule has 4 aromatic carbocycles. The summed E-state index contributed by atoms with van der Waals surface area (Å²) < 4.78 is 1.85. The van der Waals surface area contributed by atoms with E-state index >= 15 is 0 Å². The molecule has 178 valence electrons. The van der Waals surface area contributed by atoms with Crippen LogP contribution in [0.4, 0.5) is 5.69 Å². The fraction of sp³-hybridized carbons (Fsp3) is 0.0968. The Balaban J connectivity index is 1.36. The molecule has 0 radical (unpaired) electrons. The highest BCUT2D eigenvalue weighted by atomic mass is 32.2. The van der Waals surface area contributed by atoms with Gasteiger partial charge in [0.05, 0.1) is 16.3 Å². The van der Waals surface area contributed by atoms with E-state index in [9.17, 15) is 9.59 Å². The lowest BCUT2D eigenvalue weighted by atomic mass is 10.2. The first-order valence-corrected chi connectivity index (χ1v) is 12.9. The Hall–Kier alpha value is -4.09. The lowest BCUT2D eigenvalue weighted by Crippen LogP contribution is -2.23. The number of amides is 1. The fourth-order valence-corrected chi connectivity index (χ4v) is 5.40. The summed E-state index contributed by atoms with van der Waals surface area (Å²) >= 11 is 1.52. The van der Waals surface area contributed by atoms with Crippen LogP contribution in [0.3, 0.4) is 0 Å². The molecule has 0 saturated carbocycles. The second-order valence-corrected chi connectivity index (χ2v) is 9.76. The molecule has 1 amide bonds. The molecule has 0 aliphatic carbocycles. The third-order valence-corrected chi connectivity index (χ3v) is 7.40. The van der Waals surface area contributed by atoms with Gasteiger partial charge in [0.2, 0.25) is 11.8 Å². The van der Waals surface area contributed by atoms with Crippen molar-refractivity contribution in [1.29, 1.82) is 0 Å². The molecule has 1 aromatic heterocycles. The first-order valence-electron chi connectivity index (χ1n) is 12.0. The van der Waals surface area contributed by atoms with Crippen LogP contribution in [0, 0.1) is 0 Å². The average Bonchev–Trinajstić information content (AvgIpc) is 3.25. The number of nitrogens with one attached hydrogen (secondary N) is 1. The van der Waals surface area contributed by atoms with Crippen molar-refractivity contribution < 1.29 is 9.59 Å². The van der Waals surface area contributed by atoms with Gasteiger partial charge in [0.25, 0.3) is 0 Å². The van der Waals surface area contributed by atoms with Crippen molar-refractivity contribution in [2.75, 3.05) is 5.32 Å². The van der Waals surface area contributed by atoms with Crippen LogP contribution >= 0.6 is 11.8 Å². The summed E-state index contributed by atoms with van der Waals surface area (Å²) in [5, 5.41) is 4.81. The van der Waals surface area contributed by atoms with Gasteiger partial charge in [0.15, 0.2) is 0 Å². The second kappa shape index (κ2) is 10.7. The van der Waals surface area contributed by atoms with Gasteiger partial charge in [0, 0.05) is 27.4 Å². The van der Waals surface area contributed by atoms with Crippen LogP contribution < -0.4 is 5.32 Å². The largest absolute Gasteiger partial charge is 0.322 e. The van der Waals surface area contributed by atoms with E-state index < -0.39 is 0 Å². The normalized spacial score (nSPS) is 12.2. The molecular weight excluding hydrogens is 464 g/mol. The van der Waals surface area contributed by atoms with Crippen molar-refractivity contribution in [3.05, 3.63) is 115 Å². The highest BCUT2D eigenvalue weighted by molar-refractivity contribution is 8.00. The van der Waals surface area contributed by atoms with Crippen molar-refractivity contribution in [1.82, 2.24) is 4.57 Å². The highest BCUT2D eigenvalue weighted by Gasteiger charge is 2.24. The summed E-state index contributed by atoms with van der Waals surface area (Å²) in [6, 6.07) is 33.4. The minimum Gasteiger partial charge on any atom is -0.322 e. The number of hydrogen-bond acceptors (Lipinski definition) is 3. The molecule has 0 spiro atoms. The number of rotatable bonds is 7. The molecule has 0 aliphatic heterocycles. The van der Waals surface area contributed by atoms with E-state index in [1.165, 1.54) is 17.8 Å². The second-order valence-electron chi connectivity index (χ2n) is 8.48. The van der Waals surface area contributed by atoms with Crippen LogP contribution in [0.1, 0.15) is 23.7 Å². The average molecular weight is 491 g/mol. The number of fused-ring (bicyclic) bond motifs is 3. The third kappa shape index (κ3) is 4.97. The van der Waals surface area contributed by atoms with Crippen molar-refractivity contribution in [3.8, 4) is 0 Å². The lowest BCUT2D eigenvalue weighted by Gasteiger charge is -2.16. The van der Waals surface area contributed by atoms with Gasteiger partial charge in [-0.1, -0.05) is 79.7 Å². The number of para-hydroxylation sites is 2. The molecule has 0 saturated heterocycles. The Labute approximate surface area is 214 Å². The Morgan fingerprint density at radius 3 is 2.14 bits per heavy atom. The van der Waals surface area contributed by atoms with Gasteiger partial charge < -0.3 is 5.32 Å². The first kappa shape index (κ1) is 23.6. The number of carbonyl (C=O) groups excluding carboxylic acids is 2. The maximum atomic E-state index is 13.8. The van der Waals surface area contributed by atoms with Crippen LogP contribution in [-0.4, -0.2) is 21.6 Å². The lowest BCUT2D eigenvalue weighted by molar-refractivity contribution is -0.111. The zero-order valence-electron chi connectivity index (χ0n) is 19.9. The van der Waals surface area contributed by atoms with E-state index in [2.05, 4.69) is 17.4 Å². The molecule has 0 aliphatic rings. The number of anilines is 1. The van der Waals surface area contributed by atoms with E-state index in [1.54, 1.807) is 6.08 Å². The Morgan fingerprint density at radius 1 is 0.833 bits per heavy atom. The monoisotopic (exact) mass is 490 g/mol. The molecule has 1 atom stereocenters. The van der Waals surface area contributed by atoms with E-state index in [0.717, 1.165) is 32.3 Å². The van der Waals surface area contributed by atoms with Gasteiger partial charge in [-0.3, -0.25) is 14.2 Å². The number of benzene rings is 4. The van der Waals surface area contributed by atoms with Crippen molar-refractivity contribution >= 4 is 57.1 Å². The summed E-state index contributed by atoms with van der Waals surface area (Å²) in [6.45, 7) is 2.03. The fourth-order valence-electron chi connectivity index (χ4n) is 4.34. The van der Waals surface area contributed by atoms with Crippen molar-refractivity contribution in [3.63, 3.8) is 0 Å². The third-order valence-electron chi connectivity index (χ3n) is 6.05. The Bertz CT molecular complexity index is 1520. The summed E-state index contributed by atoms with van der Waals surface area (Å²) in [4.78, 5) is 27.2. The zero-order valence-corrected chi connectivity index (χ0v) is 20.7. The number of hydrogen-bond donors (Lipinski definition) is 1. The molecule has 5 heteroatoms. The minimum atomic E-state index is -0.270. The number of carbonyl (C=O) groups is 2. The molecule has 36 heavy (non-hydrogen) atoms. The quantitative estimate of drug-likeness (QED) is 0.188. The summed E-state index contributed by atoms with van der Waals surface area (Å²) in [5.41, 5.74) is 3.51. The molecule has 0 bridgehead atoms. The van der Waals surface area contributed by atoms with Gasteiger partial charge in [0.1, 0.15) is 0 Å². The van der Waals surface area contributed by atoms with Crippen LogP contribution in [-0.2, 0) is 4.79 Å². The Morgan fingerprint density at radius 2 is 1.47 bits per heavy atom. The summed E-state index contributed by atoms with van der Waals surface area (Å²) in [5.74, 6) is -0.144. The van der Waals surface area contributed by atoms with Gasteiger partial charge in [-0.15, -0.1) is 11.8 Å². The van der Waals surface area contributed by atoms with E-state index in [4.69, 9.17) is 0 Å². The summed E-state index contributed by atoms with van der Waals surface area (Å²) in [7, 11) is 0. The standard InChI is InChI=1S/C31H26N2O2S/c1-2-29(31(35)33-27-17-8-6-15-25(27)26-16-7-9-18-28(26)33)36-24-14-10-13-23(21-24)32-30(34)20-19-22-11-4-3-5-12-22/h3-21,29H,2H2,1H3,(H,32,34)/b20-19+. The Kier molecular flexibility index (Phi) is 7.01. The summed E-state index contributed by atoms with van der Waals surface area (Å²) in [6.07, 6.45) is 3.99. The molecule has 5 aromatic rings. The predicted octanol–water partition coefficient (Wildman–Crippen LogP) is 7.66. The van der Waals surface area contributed by atoms with E-state index in [0.29, 0.717) is 12.1 Å². The van der Waals surface area contributed by atoms with Crippen molar-refractivity contribution in [2.45, 2.75) is 23.5 Å². The maximum Gasteiger partial charge on any atom is 0.248 e. The van der Waals surface area contributed by atoms with Gasteiger partial charge in [-0.2, -0.15) is 0 Å². The zero-order chi connectivity index (χ0) is 24.9. The smallest absolute Gasteiger partial charge is 0.248 e. The number of nitrogens with zero attached hydrogens (tertiary/aromatic N) is 1. The molecule has 1 heterocycles. The molecule has 1 unspecified atom stereocenters. The van der Waals surface area contributed by atoms with Crippen molar-refractivity contribution in [2.24, 2.45) is 0 Å². The molecular formula is C31H26N2O2S.